The lowest BCUT2D eigenvalue weighted by atomic mass is 9.97. The van der Waals surface area contributed by atoms with E-state index in [9.17, 15) is 9.59 Å². The molecule has 0 bridgehead atoms. The Morgan fingerprint density at radius 1 is 1.04 bits per heavy atom. The van der Waals surface area contributed by atoms with E-state index in [1.54, 1.807) is 31.2 Å². The highest BCUT2D eigenvalue weighted by molar-refractivity contribution is 5.95. The van der Waals surface area contributed by atoms with Gasteiger partial charge in [-0.1, -0.05) is 32.0 Å². The van der Waals surface area contributed by atoms with Crippen LogP contribution in [0.25, 0.3) is 0 Å². The maximum absolute atomic E-state index is 12.5. The lowest BCUT2D eigenvalue weighted by molar-refractivity contribution is -0.122. The molecule has 0 aliphatic heterocycles. The van der Waals surface area contributed by atoms with Crippen molar-refractivity contribution in [2.45, 2.75) is 46.1 Å². The van der Waals surface area contributed by atoms with Gasteiger partial charge >= 0.3 is 0 Å². The van der Waals surface area contributed by atoms with Crippen LogP contribution in [0.4, 0.5) is 5.69 Å². The van der Waals surface area contributed by atoms with E-state index in [2.05, 4.69) is 19.2 Å². The van der Waals surface area contributed by atoms with E-state index < -0.39 is 6.10 Å². The summed E-state index contributed by atoms with van der Waals surface area (Å²) in [5.74, 6) is 0.722. The Balaban J connectivity index is 2.04. The Labute approximate surface area is 149 Å². The van der Waals surface area contributed by atoms with Gasteiger partial charge in [0, 0.05) is 11.3 Å². The van der Waals surface area contributed by atoms with E-state index in [0.29, 0.717) is 17.2 Å². The standard InChI is InChI=1S/C21H25NO3/c1-5-14(2)19-8-6-7-9-20(19)22-21(24)16(4)25-18-12-10-17(11-13-18)15(3)23/h6-14,16H,5H2,1-4H3,(H,22,24)/t14-,16+/m0/s1. The van der Waals surface area contributed by atoms with Gasteiger partial charge in [0.1, 0.15) is 5.75 Å². The van der Waals surface area contributed by atoms with Gasteiger partial charge in [0.25, 0.3) is 5.91 Å². The highest BCUT2D eigenvalue weighted by Crippen LogP contribution is 2.26. The number of amides is 1. The first kappa shape index (κ1) is 18.7. The van der Waals surface area contributed by atoms with Gasteiger partial charge < -0.3 is 10.1 Å². The summed E-state index contributed by atoms with van der Waals surface area (Å²) in [5, 5.41) is 2.96. The van der Waals surface area contributed by atoms with Crippen molar-refractivity contribution >= 4 is 17.4 Å². The molecule has 0 spiro atoms. The molecule has 2 atom stereocenters. The van der Waals surface area contributed by atoms with Crippen LogP contribution in [0.15, 0.2) is 48.5 Å². The number of para-hydroxylation sites is 1. The Kier molecular flexibility index (Phi) is 6.34. The predicted octanol–water partition coefficient (Wildman–Crippen LogP) is 4.81. The van der Waals surface area contributed by atoms with Gasteiger partial charge in [-0.15, -0.1) is 0 Å². The number of hydrogen-bond acceptors (Lipinski definition) is 3. The fraction of sp³-hybridized carbons (Fsp3) is 0.333. The molecule has 0 heterocycles. The second-order valence-electron chi connectivity index (χ2n) is 6.23. The van der Waals surface area contributed by atoms with Crippen LogP contribution in [0.2, 0.25) is 0 Å². The first-order valence-electron chi connectivity index (χ1n) is 8.59. The predicted molar refractivity (Wildman–Crippen MR) is 100 cm³/mol. The molecule has 2 aromatic rings. The summed E-state index contributed by atoms with van der Waals surface area (Å²) in [6, 6.07) is 14.6. The summed E-state index contributed by atoms with van der Waals surface area (Å²) in [6.07, 6.45) is 0.356. The zero-order chi connectivity index (χ0) is 18.4. The van der Waals surface area contributed by atoms with Gasteiger partial charge in [-0.3, -0.25) is 9.59 Å². The molecule has 0 radical (unpaired) electrons. The number of nitrogens with one attached hydrogen (secondary N) is 1. The van der Waals surface area contributed by atoms with Gasteiger partial charge in [0.15, 0.2) is 11.9 Å². The van der Waals surface area contributed by atoms with Crippen LogP contribution < -0.4 is 10.1 Å². The molecule has 0 saturated carbocycles. The van der Waals surface area contributed by atoms with Gasteiger partial charge in [-0.25, -0.2) is 0 Å². The van der Waals surface area contributed by atoms with Crippen molar-refractivity contribution in [3.63, 3.8) is 0 Å². The lowest BCUT2D eigenvalue weighted by Crippen LogP contribution is -2.30. The fourth-order valence-corrected chi connectivity index (χ4v) is 2.52. The zero-order valence-electron chi connectivity index (χ0n) is 15.2. The number of anilines is 1. The van der Waals surface area contributed by atoms with E-state index in [0.717, 1.165) is 17.7 Å². The molecule has 2 aromatic carbocycles. The van der Waals surface area contributed by atoms with Crippen molar-refractivity contribution in [2.24, 2.45) is 0 Å². The molecular weight excluding hydrogens is 314 g/mol. The Morgan fingerprint density at radius 2 is 1.68 bits per heavy atom. The average molecular weight is 339 g/mol. The van der Waals surface area contributed by atoms with Crippen LogP contribution in [0.5, 0.6) is 5.75 Å². The first-order chi connectivity index (χ1) is 11.9. The average Bonchev–Trinajstić information content (AvgIpc) is 2.61. The first-order valence-corrected chi connectivity index (χ1v) is 8.59. The van der Waals surface area contributed by atoms with E-state index in [4.69, 9.17) is 4.74 Å². The topological polar surface area (TPSA) is 55.4 Å². The second-order valence-corrected chi connectivity index (χ2v) is 6.23. The third-order valence-electron chi connectivity index (χ3n) is 4.30. The Hall–Kier alpha value is -2.62. The van der Waals surface area contributed by atoms with Crippen molar-refractivity contribution in [3.05, 3.63) is 59.7 Å². The monoisotopic (exact) mass is 339 g/mol. The highest BCUT2D eigenvalue weighted by Gasteiger charge is 2.17. The quantitative estimate of drug-likeness (QED) is 0.737. The summed E-state index contributed by atoms with van der Waals surface area (Å²) in [4.78, 5) is 23.8. The summed E-state index contributed by atoms with van der Waals surface area (Å²) in [6.45, 7) is 7.49. The minimum atomic E-state index is -0.645. The number of benzene rings is 2. The summed E-state index contributed by atoms with van der Waals surface area (Å²) in [7, 11) is 0. The molecule has 132 valence electrons. The van der Waals surface area contributed by atoms with Crippen LogP contribution in [-0.4, -0.2) is 17.8 Å². The Morgan fingerprint density at radius 3 is 2.28 bits per heavy atom. The lowest BCUT2D eigenvalue weighted by Gasteiger charge is -2.18. The van der Waals surface area contributed by atoms with E-state index in [1.165, 1.54) is 6.92 Å². The third kappa shape index (κ3) is 4.92. The van der Waals surface area contributed by atoms with Crippen LogP contribution in [-0.2, 0) is 4.79 Å². The molecule has 0 saturated heterocycles. The van der Waals surface area contributed by atoms with Crippen LogP contribution in [0, 0.1) is 0 Å². The van der Waals surface area contributed by atoms with Gasteiger partial charge in [-0.2, -0.15) is 0 Å². The number of carbonyl (C=O) groups excluding carboxylic acids is 2. The normalized spacial score (nSPS) is 13.0. The molecule has 4 nitrogen and oxygen atoms in total. The van der Waals surface area contributed by atoms with Crippen molar-refractivity contribution < 1.29 is 14.3 Å². The van der Waals surface area contributed by atoms with E-state index in [-0.39, 0.29) is 11.7 Å². The number of ketones is 1. The molecule has 0 fully saturated rings. The molecule has 4 heteroatoms. The van der Waals surface area contributed by atoms with E-state index >= 15 is 0 Å². The maximum atomic E-state index is 12.5. The SMILES string of the molecule is CC[C@H](C)c1ccccc1NC(=O)[C@@H](C)Oc1ccc(C(C)=O)cc1. The largest absolute Gasteiger partial charge is 0.481 e. The zero-order valence-corrected chi connectivity index (χ0v) is 15.2. The third-order valence-corrected chi connectivity index (χ3v) is 4.30. The fourth-order valence-electron chi connectivity index (χ4n) is 2.52. The van der Waals surface area contributed by atoms with Gasteiger partial charge in [0.05, 0.1) is 0 Å². The molecule has 0 aliphatic carbocycles. The smallest absolute Gasteiger partial charge is 0.265 e. The van der Waals surface area contributed by atoms with Crippen LogP contribution in [0.1, 0.15) is 56.0 Å². The molecule has 1 amide bonds. The van der Waals surface area contributed by atoms with Crippen LogP contribution >= 0.6 is 0 Å². The second kappa shape index (κ2) is 8.47. The molecular formula is C21H25NO3. The molecule has 25 heavy (non-hydrogen) atoms. The number of Topliss-reactive ketones (excluding diaryl/α,β-unsaturated/α-hetero) is 1. The minimum Gasteiger partial charge on any atom is -0.481 e. The number of hydrogen-bond donors (Lipinski definition) is 1. The number of rotatable bonds is 7. The molecule has 0 aliphatic rings. The van der Waals surface area contributed by atoms with Crippen molar-refractivity contribution in [3.8, 4) is 5.75 Å². The number of ether oxygens (including phenoxy) is 1. The molecule has 1 N–H and O–H groups in total. The van der Waals surface area contributed by atoms with Gasteiger partial charge in [-0.05, 0) is 62.1 Å². The maximum Gasteiger partial charge on any atom is 0.265 e. The number of carbonyl (C=O) groups is 2. The summed E-state index contributed by atoms with van der Waals surface area (Å²) >= 11 is 0. The van der Waals surface area contributed by atoms with Crippen molar-refractivity contribution in [1.29, 1.82) is 0 Å². The molecule has 0 aromatic heterocycles. The molecule has 2 rings (SSSR count). The van der Waals surface area contributed by atoms with Gasteiger partial charge in [0.2, 0.25) is 0 Å². The Bertz CT molecular complexity index is 737. The van der Waals surface area contributed by atoms with E-state index in [1.807, 2.05) is 24.3 Å². The van der Waals surface area contributed by atoms with Crippen LogP contribution in [0.3, 0.4) is 0 Å². The molecule has 0 unspecified atom stereocenters. The highest BCUT2D eigenvalue weighted by atomic mass is 16.5. The van der Waals surface area contributed by atoms with Crippen molar-refractivity contribution in [2.75, 3.05) is 5.32 Å². The summed E-state index contributed by atoms with van der Waals surface area (Å²) in [5.41, 5.74) is 2.56. The summed E-state index contributed by atoms with van der Waals surface area (Å²) < 4.78 is 5.69. The minimum absolute atomic E-state index is 0.000933. The van der Waals surface area contributed by atoms with Crippen molar-refractivity contribution in [1.82, 2.24) is 0 Å².